The molecule has 1 amide bonds. The van der Waals surface area contributed by atoms with Crippen molar-refractivity contribution in [2.75, 3.05) is 38.3 Å². The van der Waals surface area contributed by atoms with Crippen molar-refractivity contribution in [1.82, 2.24) is 9.88 Å². The lowest BCUT2D eigenvalue weighted by atomic mass is 10.2. The number of amides is 1. The van der Waals surface area contributed by atoms with Gasteiger partial charge >= 0.3 is 0 Å². The summed E-state index contributed by atoms with van der Waals surface area (Å²) in [6.07, 6.45) is 2.54. The normalized spacial score (nSPS) is 15.6. The van der Waals surface area contributed by atoms with Crippen LogP contribution in [0.25, 0.3) is 0 Å². The highest BCUT2D eigenvalue weighted by Gasteiger charge is 2.31. The first kappa shape index (κ1) is 22.7. The molecule has 2 aromatic carbocycles. The molecule has 6 nitrogen and oxygen atoms in total. The van der Waals surface area contributed by atoms with Gasteiger partial charge in [0.25, 0.3) is 5.91 Å². The monoisotopic (exact) mass is 475 g/mol. The molecule has 0 bridgehead atoms. The number of thioether (sulfide) groups is 1. The number of aromatic nitrogens is 1. The minimum atomic E-state index is -0.0816. The van der Waals surface area contributed by atoms with E-state index in [1.807, 2.05) is 48.5 Å². The Hall–Kier alpha value is -3.03. The lowest BCUT2D eigenvalue weighted by Crippen LogP contribution is -2.25. The summed E-state index contributed by atoms with van der Waals surface area (Å²) in [6.45, 7) is 4.34. The Morgan fingerprint density at radius 1 is 1.00 bits per heavy atom. The van der Waals surface area contributed by atoms with Gasteiger partial charge in [-0.15, -0.1) is 11.8 Å². The number of hydrogen-bond donors (Lipinski definition) is 0. The van der Waals surface area contributed by atoms with E-state index >= 15 is 0 Å². The molecular weight excluding hydrogens is 446 g/mol. The third-order valence-corrected chi connectivity index (χ3v) is 7.28. The summed E-state index contributed by atoms with van der Waals surface area (Å²) in [4.78, 5) is 22.0. The zero-order valence-corrected chi connectivity index (χ0v) is 20.2. The minimum Gasteiger partial charge on any atom is -0.493 e. The fourth-order valence-corrected chi connectivity index (χ4v) is 5.23. The molecule has 1 fully saturated rings. The van der Waals surface area contributed by atoms with Crippen LogP contribution in [0.5, 0.6) is 11.5 Å². The molecule has 176 valence electrons. The van der Waals surface area contributed by atoms with Crippen LogP contribution in [0.15, 0.2) is 65.7 Å². The van der Waals surface area contributed by atoms with Gasteiger partial charge in [-0.25, -0.2) is 4.98 Å². The van der Waals surface area contributed by atoms with Crippen LogP contribution >= 0.6 is 11.8 Å². The highest BCUT2D eigenvalue weighted by atomic mass is 32.2. The summed E-state index contributed by atoms with van der Waals surface area (Å²) >= 11 is 1.64. The predicted molar refractivity (Wildman–Crippen MR) is 135 cm³/mol. The molecule has 0 N–H and O–H groups in total. The van der Waals surface area contributed by atoms with Gasteiger partial charge in [0.2, 0.25) is 0 Å². The van der Waals surface area contributed by atoms with Gasteiger partial charge in [0, 0.05) is 29.6 Å². The highest BCUT2D eigenvalue weighted by Crippen LogP contribution is 2.36. The number of pyridine rings is 1. The number of carbonyl (C=O) groups is 1. The second-order valence-corrected chi connectivity index (χ2v) is 9.55. The summed E-state index contributed by atoms with van der Waals surface area (Å²) < 4.78 is 11.6. The van der Waals surface area contributed by atoms with Crippen molar-refractivity contribution < 1.29 is 14.3 Å². The van der Waals surface area contributed by atoms with Crippen LogP contribution in [-0.4, -0.2) is 49.1 Å². The lowest BCUT2D eigenvalue weighted by Gasteiger charge is -2.19. The Morgan fingerprint density at radius 2 is 1.82 bits per heavy atom. The maximum absolute atomic E-state index is 13.2. The number of rotatable bonds is 9. The Labute approximate surface area is 204 Å². The molecule has 0 saturated carbocycles. The third-order valence-electron chi connectivity index (χ3n) is 6.28. The van der Waals surface area contributed by atoms with E-state index in [4.69, 9.17) is 9.47 Å². The van der Waals surface area contributed by atoms with E-state index in [-0.39, 0.29) is 5.91 Å². The first-order valence-corrected chi connectivity index (χ1v) is 12.7. The molecule has 7 heteroatoms. The molecule has 3 heterocycles. The highest BCUT2D eigenvalue weighted by molar-refractivity contribution is 7.98. The number of carbonyl (C=O) groups excluding carboxylic acids is 1. The first-order chi connectivity index (χ1) is 16.7. The van der Waals surface area contributed by atoms with E-state index < -0.39 is 0 Å². The van der Waals surface area contributed by atoms with Gasteiger partial charge in [0.15, 0.2) is 11.5 Å². The van der Waals surface area contributed by atoms with E-state index in [0.29, 0.717) is 30.3 Å². The lowest BCUT2D eigenvalue weighted by molar-refractivity contribution is 0.0992. The third kappa shape index (κ3) is 5.05. The standard InChI is InChI=1S/C27H29N3O3S/c1-32-24-17-22(10-11-23(24)33-16-15-29-13-5-6-14-29)30-18-21-9-12-25(28-26(21)27(30)31)34-19-20-7-3-2-4-8-20/h2-4,7-12,17H,5-6,13-16,18-19H2,1H3. The largest absolute Gasteiger partial charge is 0.493 e. The average molecular weight is 476 g/mol. The quantitative estimate of drug-likeness (QED) is 0.405. The van der Waals surface area contributed by atoms with E-state index in [1.165, 1.54) is 18.4 Å². The van der Waals surface area contributed by atoms with Crippen molar-refractivity contribution in [3.05, 3.63) is 77.5 Å². The zero-order valence-electron chi connectivity index (χ0n) is 19.4. The topological polar surface area (TPSA) is 54.9 Å². The van der Waals surface area contributed by atoms with Crippen molar-refractivity contribution >= 4 is 23.4 Å². The molecule has 0 unspecified atom stereocenters. The van der Waals surface area contributed by atoms with Crippen molar-refractivity contribution in [3.8, 4) is 11.5 Å². The summed E-state index contributed by atoms with van der Waals surface area (Å²) in [7, 11) is 1.63. The molecule has 0 spiro atoms. The first-order valence-electron chi connectivity index (χ1n) is 11.7. The molecule has 3 aromatic rings. The molecule has 0 atom stereocenters. The van der Waals surface area contributed by atoms with Gasteiger partial charge in [-0.1, -0.05) is 36.4 Å². The second-order valence-electron chi connectivity index (χ2n) is 8.56. The van der Waals surface area contributed by atoms with E-state index in [0.717, 1.165) is 41.7 Å². The van der Waals surface area contributed by atoms with Gasteiger partial charge < -0.3 is 14.4 Å². The Balaban J connectivity index is 1.25. The van der Waals surface area contributed by atoms with Crippen LogP contribution in [0.1, 0.15) is 34.5 Å². The number of ether oxygens (including phenoxy) is 2. The summed E-state index contributed by atoms with van der Waals surface area (Å²) in [5, 5.41) is 0.858. The summed E-state index contributed by atoms with van der Waals surface area (Å²) in [5.74, 6) is 2.07. The van der Waals surface area contributed by atoms with Crippen molar-refractivity contribution in [2.45, 2.75) is 30.2 Å². The molecular formula is C27H29N3O3S. The second kappa shape index (κ2) is 10.5. The van der Waals surface area contributed by atoms with Crippen molar-refractivity contribution in [3.63, 3.8) is 0 Å². The Morgan fingerprint density at radius 3 is 2.62 bits per heavy atom. The molecule has 0 aliphatic carbocycles. The fourth-order valence-electron chi connectivity index (χ4n) is 4.41. The average Bonchev–Trinajstić information content (AvgIpc) is 3.51. The molecule has 5 rings (SSSR count). The fraction of sp³-hybridized carbons (Fsp3) is 0.333. The number of hydrogen-bond acceptors (Lipinski definition) is 6. The predicted octanol–water partition coefficient (Wildman–Crippen LogP) is 5.02. The van der Waals surface area contributed by atoms with Gasteiger partial charge in [-0.05, 0) is 49.7 Å². The number of anilines is 1. The maximum Gasteiger partial charge on any atom is 0.277 e. The number of likely N-dealkylation sites (tertiary alicyclic amines) is 1. The van der Waals surface area contributed by atoms with Crippen LogP contribution in [0.2, 0.25) is 0 Å². The molecule has 34 heavy (non-hydrogen) atoms. The number of nitrogens with zero attached hydrogens (tertiary/aromatic N) is 3. The molecule has 2 aliphatic rings. The van der Waals surface area contributed by atoms with Crippen LogP contribution < -0.4 is 14.4 Å². The Bertz CT molecular complexity index is 1150. The van der Waals surface area contributed by atoms with Crippen LogP contribution in [0.3, 0.4) is 0 Å². The summed E-state index contributed by atoms with van der Waals surface area (Å²) in [6, 6.07) is 20.0. The number of methoxy groups -OCH3 is 1. The van der Waals surface area contributed by atoms with E-state index in [1.54, 1.807) is 23.8 Å². The van der Waals surface area contributed by atoms with Crippen molar-refractivity contribution in [1.29, 1.82) is 0 Å². The molecule has 1 aromatic heterocycles. The molecule has 1 saturated heterocycles. The van der Waals surface area contributed by atoms with Crippen LogP contribution in [-0.2, 0) is 12.3 Å². The smallest absolute Gasteiger partial charge is 0.277 e. The van der Waals surface area contributed by atoms with Crippen molar-refractivity contribution in [2.24, 2.45) is 0 Å². The number of fused-ring (bicyclic) bond motifs is 1. The number of benzene rings is 2. The summed E-state index contributed by atoms with van der Waals surface area (Å²) in [5.41, 5.74) is 3.49. The molecule has 2 aliphatic heterocycles. The zero-order chi connectivity index (χ0) is 23.3. The van der Waals surface area contributed by atoms with Crippen LogP contribution in [0.4, 0.5) is 5.69 Å². The molecule has 0 radical (unpaired) electrons. The Kier molecular flexibility index (Phi) is 7.02. The maximum atomic E-state index is 13.2. The van der Waals surface area contributed by atoms with Gasteiger partial charge in [0.05, 0.1) is 18.7 Å². The van der Waals surface area contributed by atoms with Gasteiger partial charge in [0.1, 0.15) is 12.3 Å². The SMILES string of the molecule is COc1cc(N2Cc3ccc(SCc4ccccc4)nc3C2=O)ccc1OCCN1CCCC1. The minimum absolute atomic E-state index is 0.0816. The van der Waals surface area contributed by atoms with Crippen LogP contribution in [0, 0.1) is 0 Å². The van der Waals surface area contributed by atoms with E-state index in [9.17, 15) is 4.79 Å². The van der Waals surface area contributed by atoms with Gasteiger partial charge in [-0.3, -0.25) is 9.69 Å². The van der Waals surface area contributed by atoms with Gasteiger partial charge in [-0.2, -0.15) is 0 Å². The van der Waals surface area contributed by atoms with E-state index in [2.05, 4.69) is 22.0 Å².